The molecule has 0 aliphatic heterocycles. The van der Waals surface area contributed by atoms with Crippen molar-refractivity contribution in [2.24, 2.45) is 0 Å². The topological polar surface area (TPSA) is 41.9 Å². The van der Waals surface area contributed by atoms with Crippen molar-refractivity contribution in [1.82, 2.24) is 9.78 Å². The number of nitrogens with one attached hydrogen (secondary N) is 2. The minimum Gasteiger partial charge on any atom is -0.332 e. The standard InChI is InChI=1S/C20H22N4S/c1-14-4-7-17(8-5-14)13-24-11-10-19(23-24)22-20(25)21-18-9-6-15(2)12-16(18)3/h4-12H,13H2,1-3H3,(H2,21,22,23,25). The molecule has 2 aromatic carbocycles. The lowest BCUT2D eigenvalue weighted by molar-refractivity contribution is 0.690. The molecule has 3 aromatic rings. The van der Waals surface area contributed by atoms with Crippen molar-refractivity contribution in [3.63, 3.8) is 0 Å². The Kier molecular flexibility index (Phi) is 5.14. The molecule has 4 nitrogen and oxygen atoms in total. The lowest BCUT2D eigenvalue weighted by Gasteiger charge is -2.11. The predicted octanol–water partition coefficient (Wildman–Crippen LogP) is 4.67. The number of hydrogen-bond acceptors (Lipinski definition) is 2. The van der Waals surface area contributed by atoms with Gasteiger partial charge in [-0.05, 0) is 50.2 Å². The van der Waals surface area contributed by atoms with Crippen LogP contribution in [0.25, 0.3) is 0 Å². The second-order valence-corrected chi connectivity index (χ2v) is 6.69. The van der Waals surface area contributed by atoms with Gasteiger partial charge in [-0.15, -0.1) is 0 Å². The first-order valence-corrected chi connectivity index (χ1v) is 8.65. The smallest absolute Gasteiger partial charge is 0.176 e. The Hall–Kier alpha value is -2.66. The molecule has 5 heteroatoms. The molecule has 0 fully saturated rings. The highest BCUT2D eigenvalue weighted by Crippen LogP contribution is 2.16. The van der Waals surface area contributed by atoms with Crippen molar-refractivity contribution >= 4 is 28.8 Å². The molecular formula is C20H22N4S. The predicted molar refractivity (Wildman–Crippen MR) is 108 cm³/mol. The van der Waals surface area contributed by atoms with E-state index in [9.17, 15) is 0 Å². The van der Waals surface area contributed by atoms with Gasteiger partial charge in [-0.25, -0.2) is 0 Å². The van der Waals surface area contributed by atoms with Crippen LogP contribution in [0, 0.1) is 20.8 Å². The average Bonchev–Trinajstić information content (AvgIpc) is 2.99. The first-order chi connectivity index (χ1) is 12.0. The Bertz CT molecular complexity index is 881. The van der Waals surface area contributed by atoms with Crippen LogP contribution in [0.1, 0.15) is 22.3 Å². The van der Waals surface area contributed by atoms with E-state index in [1.54, 1.807) is 0 Å². The minimum atomic E-state index is 0.535. The van der Waals surface area contributed by atoms with Gasteiger partial charge in [0.05, 0.1) is 6.54 Å². The van der Waals surface area contributed by atoms with Crippen LogP contribution in [0.15, 0.2) is 54.7 Å². The SMILES string of the molecule is Cc1ccc(Cn2ccc(NC(=S)Nc3ccc(C)cc3C)n2)cc1. The van der Waals surface area contributed by atoms with Crippen LogP contribution < -0.4 is 10.6 Å². The van der Waals surface area contributed by atoms with Crippen molar-refractivity contribution in [1.29, 1.82) is 0 Å². The first kappa shape index (κ1) is 17.2. The molecule has 0 bridgehead atoms. The number of benzene rings is 2. The van der Waals surface area contributed by atoms with Crippen molar-refractivity contribution in [2.75, 3.05) is 10.6 Å². The van der Waals surface area contributed by atoms with Gasteiger partial charge in [0.2, 0.25) is 0 Å². The summed E-state index contributed by atoms with van der Waals surface area (Å²) in [6.45, 7) is 6.96. The second kappa shape index (κ2) is 7.49. The van der Waals surface area contributed by atoms with Gasteiger partial charge < -0.3 is 10.6 Å². The lowest BCUT2D eigenvalue weighted by atomic mass is 10.1. The quantitative estimate of drug-likeness (QED) is 0.671. The number of rotatable bonds is 4. The molecular weight excluding hydrogens is 328 g/mol. The van der Waals surface area contributed by atoms with E-state index in [1.807, 2.05) is 23.0 Å². The van der Waals surface area contributed by atoms with Crippen molar-refractivity contribution in [3.05, 3.63) is 77.0 Å². The molecule has 0 saturated heterocycles. The van der Waals surface area contributed by atoms with Crippen LogP contribution in [-0.4, -0.2) is 14.9 Å². The third-order valence-corrected chi connectivity index (χ3v) is 4.18. The van der Waals surface area contributed by atoms with Crippen molar-refractivity contribution < 1.29 is 0 Å². The van der Waals surface area contributed by atoms with Gasteiger partial charge in [0, 0.05) is 18.0 Å². The molecule has 1 heterocycles. The lowest BCUT2D eigenvalue weighted by Crippen LogP contribution is -2.20. The molecule has 0 aliphatic carbocycles. The molecule has 0 amide bonds. The zero-order chi connectivity index (χ0) is 17.8. The maximum atomic E-state index is 5.39. The van der Waals surface area contributed by atoms with E-state index in [4.69, 9.17) is 12.2 Å². The summed E-state index contributed by atoms with van der Waals surface area (Å²) in [5.41, 5.74) is 5.87. The highest BCUT2D eigenvalue weighted by molar-refractivity contribution is 7.80. The summed E-state index contributed by atoms with van der Waals surface area (Å²) in [4.78, 5) is 0. The van der Waals surface area contributed by atoms with E-state index in [-0.39, 0.29) is 0 Å². The van der Waals surface area contributed by atoms with Gasteiger partial charge >= 0.3 is 0 Å². The van der Waals surface area contributed by atoms with Crippen molar-refractivity contribution in [3.8, 4) is 0 Å². The summed E-state index contributed by atoms with van der Waals surface area (Å²) in [5, 5.41) is 11.4. The van der Waals surface area contributed by atoms with Crippen LogP contribution >= 0.6 is 12.2 Å². The summed E-state index contributed by atoms with van der Waals surface area (Å²) in [7, 11) is 0. The number of thiocarbonyl (C=S) groups is 1. The van der Waals surface area contributed by atoms with Gasteiger partial charge in [-0.2, -0.15) is 5.10 Å². The summed E-state index contributed by atoms with van der Waals surface area (Å²) in [5.74, 6) is 0.731. The molecule has 0 atom stereocenters. The maximum Gasteiger partial charge on any atom is 0.176 e. The summed E-state index contributed by atoms with van der Waals surface area (Å²) >= 11 is 5.39. The minimum absolute atomic E-state index is 0.535. The molecule has 25 heavy (non-hydrogen) atoms. The van der Waals surface area contributed by atoms with Gasteiger partial charge in [-0.1, -0.05) is 47.5 Å². The highest BCUT2D eigenvalue weighted by atomic mass is 32.1. The zero-order valence-corrected chi connectivity index (χ0v) is 15.5. The summed E-state index contributed by atoms with van der Waals surface area (Å²) in [6, 6.07) is 16.6. The largest absolute Gasteiger partial charge is 0.332 e. The Labute approximate surface area is 153 Å². The third-order valence-electron chi connectivity index (χ3n) is 3.98. The molecule has 0 saturated carbocycles. The Balaban J connectivity index is 1.60. The fraction of sp³-hybridized carbons (Fsp3) is 0.200. The van der Waals surface area contributed by atoms with E-state index >= 15 is 0 Å². The van der Waals surface area contributed by atoms with Crippen LogP contribution in [0.2, 0.25) is 0 Å². The molecule has 0 radical (unpaired) electrons. The van der Waals surface area contributed by atoms with E-state index in [0.717, 1.165) is 23.6 Å². The molecule has 2 N–H and O–H groups in total. The molecule has 0 aliphatic rings. The zero-order valence-electron chi connectivity index (χ0n) is 14.7. The molecule has 128 valence electrons. The second-order valence-electron chi connectivity index (χ2n) is 6.28. The van der Waals surface area contributed by atoms with E-state index in [0.29, 0.717) is 5.11 Å². The molecule has 3 rings (SSSR count). The molecule has 0 spiro atoms. The van der Waals surface area contributed by atoms with E-state index in [1.165, 1.54) is 16.7 Å². The van der Waals surface area contributed by atoms with Gasteiger partial charge in [-0.3, -0.25) is 4.68 Å². The summed E-state index contributed by atoms with van der Waals surface area (Å²) in [6.07, 6.45) is 1.95. The first-order valence-electron chi connectivity index (χ1n) is 8.24. The molecule has 0 unspecified atom stereocenters. The highest BCUT2D eigenvalue weighted by Gasteiger charge is 2.05. The van der Waals surface area contributed by atoms with Gasteiger partial charge in [0.25, 0.3) is 0 Å². The monoisotopic (exact) mass is 350 g/mol. The van der Waals surface area contributed by atoms with Crippen LogP contribution in [0.4, 0.5) is 11.5 Å². The van der Waals surface area contributed by atoms with Gasteiger partial charge in [0.1, 0.15) is 0 Å². The van der Waals surface area contributed by atoms with Crippen LogP contribution in [-0.2, 0) is 6.54 Å². The normalized spacial score (nSPS) is 10.5. The average molecular weight is 350 g/mol. The number of aryl methyl sites for hydroxylation is 3. The number of aromatic nitrogens is 2. The van der Waals surface area contributed by atoms with E-state index in [2.05, 4.69) is 72.9 Å². The van der Waals surface area contributed by atoms with Crippen LogP contribution in [0.3, 0.4) is 0 Å². The Morgan fingerprint density at radius 1 is 0.960 bits per heavy atom. The Morgan fingerprint density at radius 2 is 1.68 bits per heavy atom. The van der Waals surface area contributed by atoms with E-state index < -0.39 is 0 Å². The number of nitrogens with zero attached hydrogens (tertiary/aromatic N) is 2. The summed E-state index contributed by atoms with van der Waals surface area (Å²) < 4.78 is 1.90. The third kappa shape index (κ3) is 4.67. The van der Waals surface area contributed by atoms with Gasteiger partial charge in [0.15, 0.2) is 10.9 Å². The number of hydrogen-bond donors (Lipinski definition) is 2. The molecule has 1 aromatic heterocycles. The van der Waals surface area contributed by atoms with Crippen LogP contribution in [0.5, 0.6) is 0 Å². The maximum absolute atomic E-state index is 5.39. The Morgan fingerprint density at radius 3 is 2.40 bits per heavy atom. The fourth-order valence-corrected chi connectivity index (χ4v) is 2.84. The fourth-order valence-electron chi connectivity index (χ4n) is 2.62. The van der Waals surface area contributed by atoms with Crippen molar-refractivity contribution in [2.45, 2.75) is 27.3 Å². The number of anilines is 2.